The highest BCUT2D eigenvalue weighted by Crippen LogP contribution is 2.27. The van der Waals surface area contributed by atoms with Crippen LogP contribution >= 0.6 is 0 Å². The van der Waals surface area contributed by atoms with Crippen molar-refractivity contribution >= 4 is 17.2 Å². The molecule has 2 heteroatoms. The van der Waals surface area contributed by atoms with E-state index in [9.17, 15) is 4.79 Å². The van der Waals surface area contributed by atoms with Gasteiger partial charge in [-0.15, -0.1) is 0 Å². The molecule has 0 N–H and O–H groups in total. The summed E-state index contributed by atoms with van der Waals surface area (Å²) in [6.07, 6.45) is 0.943. The Morgan fingerprint density at radius 2 is 1.67 bits per heavy atom. The van der Waals surface area contributed by atoms with E-state index in [4.69, 9.17) is 0 Å². The minimum absolute atomic E-state index is 0.387. The molecule has 18 heavy (non-hydrogen) atoms. The molecule has 1 heterocycles. The Bertz CT molecular complexity index is 683. The first-order chi connectivity index (χ1) is 8.90. The van der Waals surface area contributed by atoms with E-state index >= 15 is 0 Å². The summed E-state index contributed by atoms with van der Waals surface area (Å²) in [7, 11) is 0. The van der Waals surface area contributed by atoms with Crippen LogP contribution in [0.2, 0.25) is 0 Å². The number of fused-ring (bicyclic) bond motifs is 1. The molecular formula is C16H13NO. The fraction of sp³-hybridized carbons (Fsp3) is 0.0625. The van der Waals surface area contributed by atoms with Gasteiger partial charge in [-0.3, -0.25) is 0 Å². The molecule has 0 bridgehead atoms. The molecule has 0 unspecified atom stereocenters. The molecule has 0 aliphatic rings. The average Bonchev–Trinajstić information content (AvgIpc) is 2.80. The third-order valence-electron chi connectivity index (χ3n) is 3.14. The van der Waals surface area contributed by atoms with E-state index in [1.54, 1.807) is 0 Å². The van der Waals surface area contributed by atoms with Crippen LogP contribution in [0.5, 0.6) is 0 Å². The molecule has 0 saturated heterocycles. The Morgan fingerprint density at radius 1 is 0.944 bits per heavy atom. The zero-order valence-electron chi connectivity index (χ0n) is 9.91. The number of hydrogen-bond acceptors (Lipinski definition) is 1. The second-order valence-corrected chi connectivity index (χ2v) is 4.23. The Labute approximate surface area is 105 Å². The zero-order valence-corrected chi connectivity index (χ0v) is 9.91. The van der Waals surface area contributed by atoms with E-state index in [2.05, 4.69) is 28.8 Å². The third kappa shape index (κ3) is 1.72. The second kappa shape index (κ2) is 4.49. The van der Waals surface area contributed by atoms with E-state index in [1.807, 2.05) is 36.4 Å². The van der Waals surface area contributed by atoms with Crippen LogP contribution in [0.4, 0.5) is 0 Å². The van der Waals surface area contributed by atoms with E-state index in [-0.39, 0.29) is 0 Å². The monoisotopic (exact) mass is 235 g/mol. The van der Waals surface area contributed by atoms with Crippen LogP contribution in [-0.2, 0) is 11.3 Å². The summed E-state index contributed by atoms with van der Waals surface area (Å²) in [5.41, 5.74) is 3.32. The topological polar surface area (TPSA) is 22.0 Å². The molecule has 2 aromatic carbocycles. The number of benzene rings is 2. The van der Waals surface area contributed by atoms with E-state index in [1.165, 1.54) is 5.39 Å². The molecule has 0 spiro atoms. The molecule has 2 nitrogen and oxygen atoms in total. The molecule has 0 aliphatic carbocycles. The normalized spacial score (nSPS) is 10.7. The molecule has 1 aromatic heterocycles. The maximum atomic E-state index is 10.9. The van der Waals surface area contributed by atoms with Crippen LogP contribution in [-0.4, -0.2) is 10.9 Å². The minimum atomic E-state index is 0.387. The Hall–Kier alpha value is -2.35. The van der Waals surface area contributed by atoms with Gasteiger partial charge in [-0.05, 0) is 17.7 Å². The average molecular weight is 235 g/mol. The van der Waals surface area contributed by atoms with E-state index in [0.717, 1.165) is 23.1 Å². The van der Waals surface area contributed by atoms with Crippen molar-refractivity contribution in [2.75, 3.05) is 0 Å². The summed E-state index contributed by atoms with van der Waals surface area (Å²) in [6, 6.07) is 20.4. The van der Waals surface area contributed by atoms with Crippen LogP contribution in [0, 0.1) is 0 Å². The lowest BCUT2D eigenvalue weighted by Gasteiger charge is -2.07. The van der Waals surface area contributed by atoms with Gasteiger partial charge >= 0.3 is 0 Å². The smallest absolute Gasteiger partial charge is 0.139 e. The fourth-order valence-corrected chi connectivity index (χ4v) is 2.33. The van der Waals surface area contributed by atoms with Crippen LogP contribution in [0.25, 0.3) is 22.2 Å². The quantitative estimate of drug-likeness (QED) is 0.637. The standard InChI is InChI=1S/C16H13NO/c18-11-10-17-15-9-5-4-8-14(15)12-16(17)13-6-2-1-3-7-13/h1-9,11-12H,10H2. The Kier molecular flexibility index (Phi) is 2.69. The van der Waals surface area contributed by atoms with Gasteiger partial charge in [0.2, 0.25) is 0 Å². The highest BCUT2D eigenvalue weighted by molar-refractivity contribution is 5.87. The number of nitrogens with zero attached hydrogens (tertiary/aromatic N) is 1. The van der Waals surface area contributed by atoms with Crippen LogP contribution in [0.3, 0.4) is 0 Å². The van der Waals surface area contributed by atoms with Gasteiger partial charge in [0.15, 0.2) is 0 Å². The van der Waals surface area contributed by atoms with E-state index < -0.39 is 0 Å². The number of carbonyl (C=O) groups is 1. The number of para-hydroxylation sites is 1. The van der Waals surface area contributed by atoms with Gasteiger partial charge in [0, 0.05) is 16.6 Å². The number of rotatable bonds is 3. The molecule has 3 rings (SSSR count). The number of aldehydes is 1. The van der Waals surface area contributed by atoms with Crippen molar-refractivity contribution in [2.24, 2.45) is 0 Å². The van der Waals surface area contributed by atoms with Crippen molar-refractivity contribution in [1.82, 2.24) is 4.57 Å². The second-order valence-electron chi connectivity index (χ2n) is 4.23. The summed E-state index contributed by atoms with van der Waals surface area (Å²) < 4.78 is 2.05. The molecule has 0 atom stereocenters. The first kappa shape index (κ1) is 10.8. The molecule has 0 aliphatic heterocycles. The fourth-order valence-electron chi connectivity index (χ4n) is 2.33. The lowest BCUT2D eigenvalue weighted by molar-refractivity contribution is -0.108. The van der Waals surface area contributed by atoms with Crippen molar-refractivity contribution in [3.8, 4) is 11.3 Å². The van der Waals surface area contributed by atoms with Gasteiger partial charge in [-0.1, -0.05) is 48.5 Å². The third-order valence-corrected chi connectivity index (χ3v) is 3.14. The van der Waals surface area contributed by atoms with Crippen molar-refractivity contribution < 1.29 is 4.79 Å². The SMILES string of the molecule is O=CCn1c(-c2ccccc2)cc2ccccc21. The van der Waals surface area contributed by atoms with Crippen LogP contribution in [0.1, 0.15) is 0 Å². The number of aromatic nitrogens is 1. The lowest BCUT2D eigenvalue weighted by atomic mass is 10.1. The lowest BCUT2D eigenvalue weighted by Crippen LogP contribution is -2.00. The van der Waals surface area contributed by atoms with Crippen molar-refractivity contribution in [2.45, 2.75) is 6.54 Å². The predicted molar refractivity (Wildman–Crippen MR) is 73.4 cm³/mol. The molecule has 0 fully saturated rings. The predicted octanol–water partition coefficient (Wildman–Crippen LogP) is 3.51. The zero-order chi connectivity index (χ0) is 12.4. The Balaban J connectivity index is 2.28. The molecular weight excluding hydrogens is 222 g/mol. The van der Waals surface area contributed by atoms with Gasteiger partial charge in [0.1, 0.15) is 6.29 Å². The van der Waals surface area contributed by atoms with E-state index in [0.29, 0.717) is 6.54 Å². The van der Waals surface area contributed by atoms with Crippen LogP contribution in [0.15, 0.2) is 60.7 Å². The minimum Gasteiger partial charge on any atom is -0.333 e. The first-order valence-electron chi connectivity index (χ1n) is 5.97. The van der Waals surface area contributed by atoms with Gasteiger partial charge in [-0.25, -0.2) is 0 Å². The maximum absolute atomic E-state index is 10.9. The summed E-state index contributed by atoms with van der Waals surface area (Å²) in [6.45, 7) is 0.387. The van der Waals surface area contributed by atoms with Gasteiger partial charge in [0.25, 0.3) is 0 Å². The number of carbonyl (C=O) groups excluding carboxylic acids is 1. The van der Waals surface area contributed by atoms with Crippen LogP contribution < -0.4 is 0 Å². The summed E-state index contributed by atoms with van der Waals surface area (Å²) >= 11 is 0. The number of hydrogen-bond donors (Lipinski definition) is 0. The summed E-state index contributed by atoms with van der Waals surface area (Å²) in [5.74, 6) is 0. The highest BCUT2D eigenvalue weighted by Gasteiger charge is 2.09. The van der Waals surface area contributed by atoms with Crippen molar-refractivity contribution in [1.29, 1.82) is 0 Å². The summed E-state index contributed by atoms with van der Waals surface area (Å²) in [4.78, 5) is 10.9. The molecule has 0 radical (unpaired) electrons. The van der Waals surface area contributed by atoms with Gasteiger partial charge < -0.3 is 9.36 Å². The Morgan fingerprint density at radius 3 is 2.44 bits per heavy atom. The molecule has 0 amide bonds. The highest BCUT2D eigenvalue weighted by atomic mass is 16.1. The molecule has 88 valence electrons. The maximum Gasteiger partial charge on any atom is 0.139 e. The largest absolute Gasteiger partial charge is 0.333 e. The summed E-state index contributed by atoms with van der Waals surface area (Å²) in [5, 5.41) is 1.17. The molecule has 3 aromatic rings. The molecule has 0 saturated carbocycles. The van der Waals surface area contributed by atoms with Crippen molar-refractivity contribution in [3.63, 3.8) is 0 Å². The van der Waals surface area contributed by atoms with Crippen molar-refractivity contribution in [3.05, 3.63) is 60.7 Å². The van der Waals surface area contributed by atoms with Gasteiger partial charge in [-0.2, -0.15) is 0 Å². The first-order valence-corrected chi connectivity index (χ1v) is 5.97. The van der Waals surface area contributed by atoms with Gasteiger partial charge in [0.05, 0.1) is 6.54 Å².